The number of aliphatic hydroxyl groups excluding tert-OH is 1. The van der Waals surface area contributed by atoms with Gasteiger partial charge in [-0.2, -0.15) is 4.98 Å². The zero-order valence-corrected chi connectivity index (χ0v) is 15.3. The Kier molecular flexibility index (Phi) is 6.17. The van der Waals surface area contributed by atoms with Gasteiger partial charge in [0, 0.05) is 18.3 Å². The van der Waals surface area contributed by atoms with Gasteiger partial charge >= 0.3 is 0 Å². The van der Waals surface area contributed by atoms with Crippen molar-refractivity contribution < 1.29 is 5.11 Å². The van der Waals surface area contributed by atoms with Crippen LogP contribution in [0, 0.1) is 0 Å². The molecule has 0 amide bonds. The van der Waals surface area contributed by atoms with Crippen LogP contribution in [0.2, 0.25) is 0 Å². The summed E-state index contributed by atoms with van der Waals surface area (Å²) in [5, 5.41) is 15.7. The Morgan fingerprint density at radius 3 is 2.59 bits per heavy atom. The zero-order valence-electron chi connectivity index (χ0n) is 15.3. The highest BCUT2D eigenvalue weighted by Crippen LogP contribution is 2.19. The summed E-state index contributed by atoms with van der Waals surface area (Å²) in [7, 11) is 0. The summed E-state index contributed by atoms with van der Waals surface area (Å²) in [6.45, 7) is 2.59. The molecule has 0 spiro atoms. The normalized spacial score (nSPS) is 11.8. The summed E-state index contributed by atoms with van der Waals surface area (Å²) in [5.74, 6) is 1.01. The minimum atomic E-state index is -0.0887. The van der Waals surface area contributed by atoms with Crippen molar-refractivity contribution >= 4 is 17.5 Å². The second kappa shape index (κ2) is 8.95. The highest BCUT2D eigenvalue weighted by Gasteiger charge is 2.10. The number of anilines is 3. The lowest BCUT2D eigenvalue weighted by molar-refractivity contribution is 0.271. The van der Waals surface area contributed by atoms with Gasteiger partial charge in [0.2, 0.25) is 5.95 Å². The van der Waals surface area contributed by atoms with Crippen molar-refractivity contribution in [3.8, 4) is 11.3 Å². The molecule has 1 atom stereocenters. The second-order valence-corrected chi connectivity index (χ2v) is 6.20. The van der Waals surface area contributed by atoms with Crippen molar-refractivity contribution in [1.82, 2.24) is 15.0 Å². The van der Waals surface area contributed by atoms with Gasteiger partial charge in [-0.25, -0.2) is 4.98 Å². The number of aromatic nitrogens is 3. The first kappa shape index (κ1) is 18.6. The third-order valence-corrected chi connectivity index (χ3v) is 4.24. The lowest BCUT2D eigenvalue weighted by atomic mass is 10.1. The third kappa shape index (κ3) is 4.92. The minimum Gasteiger partial charge on any atom is -0.394 e. The van der Waals surface area contributed by atoms with Crippen LogP contribution in [0.25, 0.3) is 11.3 Å². The van der Waals surface area contributed by atoms with E-state index in [2.05, 4.69) is 25.6 Å². The Hall–Kier alpha value is -3.19. The Morgan fingerprint density at radius 2 is 1.93 bits per heavy atom. The van der Waals surface area contributed by atoms with Crippen LogP contribution in [0.1, 0.15) is 18.9 Å². The Bertz CT molecular complexity index is 850. The van der Waals surface area contributed by atoms with E-state index in [0.717, 1.165) is 23.2 Å². The van der Waals surface area contributed by atoms with E-state index in [1.54, 1.807) is 12.4 Å². The second-order valence-electron chi connectivity index (χ2n) is 6.20. The molecule has 0 unspecified atom stereocenters. The van der Waals surface area contributed by atoms with E-state index >= 15 is 0 Å². The van der Waals surface area contributed by atoms with Crippen molar-refractivity contribution in [3.63, 3.8) is 0 Å². The van der Waals surface area contributed by atoms with E-state index in [-0.39, 0.29) is 12.6 Å². The standard InChI is InChI=1S/C20H24N6O/c1-2-16(13-27)25-19-17(21)12-24-20(26-19)23-11-14-6-8-15(9-7-14)18-5-3-4-10-22-18/h3-10,12,16,27H,2,11,13,21H2,1H3,(H2,23,24,25,26)/t16-/m1/s1. The molecule has 2 heterocycles. The maximum Gasteiger partial charge on any atom is 0.225 e. The van der Waals surface area contributed by atoms with E-state index in [0.29, 0.717) is 24.0 Å². The molecule has 27 heavy (non-hydrogen) atoms. The highest BCUT2D eigenvalue weighted by molar-refractivity contribution is 5.62. The van der Waals surface area contributed by atoms with E-state index < -0.39 is 0 Å². The minimum absolute atomic E-state index is 0.0192. The predicted molar refractivity (Wildman–Crippen MR) is 108 cm³/mol. The molecule has 0 saturated heterocycles. The maximum atomic E-state index is 9.34. The van der Waals surface area contributed by atoms with Gasteiger partial charge in [0.1, 0.15) is 0 Å². The average molecular weight is 364 g/mol. The SMILES string of the molecule is CC[C@H](CO)Nc1nc(NCc2ccc(-c3ccccn3)cc2)ncc1N. The van der Waals surface area contributed by atoms with Gasteiger partial charge in [0.05, 0.1) is 30.2 Å². The molecule has 7 heteroatoms. The van der Waals surface area contributed by atoms with Crippen LogP contribution in [0.3, 0.4) is 0 Å². The number of nitrogens with one attached hydrogen (secondary N) is 2. The average Bonchev–Trinajstić information content (AvgIpc) is 2.73. The fourth-order valence-corrected chi connectivity index (χ4v) is 2.57. The molecule has 0 aliphatic heterocycles. The third-order valence-electron chi connectivity index (χ3n) is 4.24. The molecule has 0 aliphatic carbocycles. The first-order chi connectivity index (χ1) is 13.2. The summed E-state index contributed by atoms with van der Waals surface area (Å²) in [6, 6.07) is 14.0. The quantitative estimate of drug-likeness (QED) is 0.486. The number of aliphatic hydroxyl groups is 1. The van der Waals surface area contributed by atoms with E-state index in [9.17, 15) is 5.11 Å². The highest BCUT2D eigenvalue weighted by atomic mass is 16.3. The number of rotatable bonds is 8. The van der Waals surface area contributed by atoms with E-state index in [1.165, 1.54) is 0 Å². The lowest BCUT2D eigenvalue weighted by Crippen LogP contribution is -2.24. The van der Waals surface area contributed by atoms with Crippen molar-refractivity contribution in [1.29, 1.82) is 0 Å². The Balaban J connectivity index is 1.64. The molecule has 0 radical (unpaired) electrons. The van der Waals surface area contributed by atoms with Crippen molar-refractivity contribution in [2.75, 3.05) is 23.0 Å². The number of hydrogen-bond acceptors (Lipinski definition) is 7. The van der Waals surface area contributed by atoms with Crippen LogP contribution in [0.5, 0.6) is 0 Å². The van der Waals surface area contributed by atoms with Crippen molar-refractivity contribution in [2.45, 2.75) is 25.9 Å². The largest absolute Gasteiger partial charge is 0.394 e. The molecule has 3 rings (SSSR count). The van der Waals surface area contributed by atoms with Crippen LogP contribution in [-0.4, -0.2) is 32.7 Å². The summed E-state index contributed by atoms with van der Waals surface area (Å²) in [5.41, 5.74) is 9.50. The molecule has 7 nitrogen and oxygen atoms in total. The first-order valence-corrected chi connectivity index (χ1v) is 8.93. The van der Waals surface area contributed by atoms with Crippen LogP contribution in [0.4, 0.5) is 17.5 Å². The number of nitrogens with two attached hydrogens (primary N) is 1. The molecule has 0 saturated carbocycles. The lowest BCUT2D eigenvalue weighted by Gasteiger charge is -2.16. The predicted octanol–water partition coefficient (Wildman–Crippen LogP) is 2.92. The number of pyridine rings is 1. The molecule has 0 aliphatic rings. The van der Waals surface area contributed by atoms with Crippen LogP contribution in [-0.2, 0) is 6.54 Å². The van der Waals surface area contributed by atoms with E-state index in [1.807, 2.05) is 49.4 Å². The van der Waals surface area contributed by atoms with Gasteiger partial charge in [-0.15, -0.1) is 0 Å². The molecule has 0 fully saturated rings. The number of nitrogen functional groups attached to an aromatic ring is 1. The molecule has 3 aromatic rings. The molecule has 2 aromatic heterocycles. The van der Waals surface area contributed by atoms with Gasteiger partial charge in [0.25, 0.3) is 0 Å². The van der Waals surface area contributed by atoms with Gasteiger partial charge in [-0.05, 0) is 24.1 Å². The monoisotopic (exact) mass is 364 g/mol. The van der Waals surface area contributed by atoms with Crippen LogP contribution >= 0.6 is 0 Å². The Labute approximate surface area is 158 Å². The topological polar surface area (TPSA) is 109 Å². The summed E-state index contributed by atoms with van der Waals surface area (Å²) in [4.78, 5) is 13.0. The molecular formula is C20H24N6O. The van der Waals surface area contributed by atoms with Crippen LogP contribution < -0.4 is 16.4 Å². The van der Waals surface area contributed by atoms with Gasteiger partial charge in [-0.3, -0.25) is 4.98 Å². The van der Waals surface area contributed by atoms with Gasteiger partial charge in [-0.1, -0.05) is 37.3 Å². The number of nitrogens with zero attached hydrogens (tertiary/aromatic N) is 3. The van der Waals surface area contributed by atoms with Crippen molar-refractivity contribution in [3.05, 3.63) is 60.4 Å². The fraction of sp³-hybridized carbons (Fsp3) is 0.250. The number of hydrogen-bond donors (Lipinski definition) is 4. The summed E-state index contributed by atoms with van der Waals surface area (Å²) < 4.78 is 0. The first-order valence-electron chi connectivity index (χ1n) is 8.93. The molecule has 140 valence electrons. The number of benzene rings is 1. The van der Waals surface area contributed by atoms with Gasteiger partial charge in [0.15, 0.2) is 5.82 Å². The Morgan fingerprint density at radius 1 is 1.11 bits per heavy atom. The zero-order chi connectivity index (χ0) is 19.1. The van der Waals surface area contributed by atoms with Gasteiger partial charge < -0.3 is 21.5 Å². The smallest absolute Gasteiger partial charge is 0.225 e. The summed E-state index contributed by atoms with van der Waals surface area (Å²) in [6.07, 6.45) is 4.12. The maximum absolute atomic E-state index is 9.34. The molecular weight excluding hydrogens is 340 g/mol. The molecule has 5 N–H and O–H groups in total. The van der Waals surface area contributed by atoms with E-state index in [4.69, 9.17) is 5.73 Å². The molecule has 1 aromatic carbocycles. The van der Waals surface area contributed by atoms with Crippen LogP contribution in [0.15, 0.2) is 54.9 Å². The summed E-state index contributed by atoms with van der Waals surface area (Å²) >= 11 is 0. The van der Waals surface area contributed by atoms with Crippen molar-refractivity contribution in [2.24, 2.45) is 0 Å². The molecule has 0 bridgehead atoms. The fourth-order valence-electron chi connectivity index (χ4n) is 2.57.